The Labute approximate surface area is 81.5 Å². The molecular formula is C8H11ClO4. The van der Waals surface area contributed by atoms with Crippen molar-refractivity contribution in [3.63, 3.8) is 0 Å². The molecular weight excluding hydrogens is 196 g/mol. The van der Waals surface area contributed by atoms with E-state index in [-0.39, 0.29) is 0 Å². The Kier molecular flexibility index (Phi) is 9.65. The third-order valence-electron chi connectivity index (χ3n) is 0.699. The van der Waals surface area contributed by atoms with Crippen molar-refractivity contribution in [1.82, 2.24) is 0 Å². The summed E-state index contributed by atoms with van der Waals surface area (Å²) in [4.78, 5) is 19.6. The van der Waals surface area contributed by atoms with Crippen LogP contribution in [0.2, 0.25) is 0 Å². The van der Waals surface area contributed by atoms with Gasteiger partial charge in [-0.1, -0.05) is 13.2 Å². The van der Waals surface area contributed by atoms with Crippen LogP contribution in [0.3, 0.4) is 0 Å². The van der Waals surface area contributed by atoms with E-state index in [1.54, 1.807) is 0 Å². The number of carboxylic acids is 1. The van der Waals surface area contributed by atoms with Gasteiger partial charge >= 0.3 is 11.9 Å². The summed E-state index contributed by atoms with van der Waals surface area (Å²) < 4.78 is 4.30. The zero-order valence-electron chi connectivity index (χ0n) is 7.20. The number of carboxylic acid groups (broad SMARTS) is 1. The molecule has 0 aromatic heterocycles. The van der Waals surface area contributed by atoms with Crippen LogP contribution in [0.25, 0.3) is 0 Å². The minimum absolute atomic E-state index is 0.471. The number of alkyl halides is 1. The smallest absolute Gasteiger partial charge is 0.328 e. The second-order valence-corrected chi connectivity index (χ2v) is 2.42. The van der Waals surface area contributed by atoms with E-state index < -0.39 is 17.3 Å². The van der Waals surface area contributed by atoms with Gasteiger partial charge in [-0.15, -0.1) is 11.6 Å². The van der Waals surface area contributed by atoms with Gasteiger partial charge in [0.2, 0.25) is 0 Å². The first kappa shape index (κ1) is 14.2. The van der Waals surface area contributed by atoms with Crippen LogP contribution in [0.1, 0.15) is 6.92 Å². The molecule has 0 rings (SSSR count). The minimum Gasteiger partial charge on any atom is -0.478 e. The minimum atomic E-state index is -0.981. The van der Waals surface area contributed by atoms with E-state index in [2.05, 4.69) is 17.9 Å². The molecule has 0 saturated heterocycles. The number of rotatable bonds is 3. The molecule has 74 valence electrons. The maximum atomic E-state index is 10.3. The molecule has 0 aromatic carbocycles. The highest BCUT2D eigenvalue weighted by atomic mass is 35.5. The van der Waals surface area contributed by atoms with E-state index in [0.717, 1.165) is 12.3 Å². The first-order valence-corrected chi connectivity index (χ1v) is 3.70. The van der Waals surface area contributed by atoms with E-state index in [0.29, 0.717) is 0 Å². The van der Waals surface area contributed by atoms with Gasteiger partial charge in [0.05, 0.1) is 6.26 Å². The van der Waals surface area contributed by atoms with Crippen molar-refractivity contribution in [2.75, 3.05) is 0 Å². The van der Waals surface area contributed by atoms with Crippen LogP contribution in [0.4, 0.5) is 0 Å². The standard InChI is InChI=1S/C5H7ClO2.C3H4O2/c1-3-8-5(7)4(2)6;1-2-3(4)5/h3-4H,1H2,2H3;2H,1H2,(H,4,5). The number of carbonyl (C=O) groups excluding carboxylic acids is 1. The predicted molar refractivity (Wildman–Crippen MR) is 49.4 cm³/mol. The maximum Gasteiger partial charge on any atom is 0.328 e. The van der Waals surface area contributed by atoms with Gasteiger partial charge < -0.3 is 9.84 Å². The van der Waals surface area contributed by atoms with Gasteiger partial charge in [0, 0.05) is 6.08 Å². The van der Waals surface area contributed by atoms with Crippen molar-refractivity contribution in [2.45, 2.75) is 12.3 Å². The molecule has 0 aliphatic carbocycles. The fourth-order valence-electron chi connectivity index (χ4n) is 0.176. The molecule has 0 spiro atoms. The summed E-state index contributed by atoms with van der Waals surface area (Å²) in [6.45, 7) is 7.68. The van der Waals surface area contributed by atoms with Gasteiger partial charge in [0.15, 0.2) is 0 Å². The highest BCUT2D eigenvalue weighted by Gasteiger charge is 2.07. The molecule has 5 heteroatoms. The zero-order valence-corrected chi connectivity index (χ0v) is 7.95. The van der Waals surface area contributed by atoms with E-state index >= 15 is 0 Å². The van der Waals surface area contributed by atoms with Crippen LogP contribution >= 0.6 is 11.6 Å². The van der Waals surface area contributed by atoms with Gasteiger partial charge in [0.25, 0.3) is 0 Å². The Hall–Kier alpha value is -1.29. The van der Waals surface area contributed by atoms with Crippen LogP contribution < -0.4 is 0 Å². The van der Waals surface area contributed by atoms with E-state index in [4.69, 9.17) is 16.7 Å². The summed E-state index contributed by atoms with van der Waals surface area (Å²) >= 11 is 5.28. The topological polar surface area (TPSA) is 63.6 Å². The van der Waals surface area contributed by atoms with Gasteiger partial charge in [-0.05, 0) is 6.92 Å². The maximum absolute atomic E-state index is 10.3. The molecule has 0 bridgehead atoms. The monoisotopic (exact) mass is 206 g/mol. The third kappa shape index (κ3) is 13.7. The summed E-state index contributed by atoms with van der Waals surface area (Å²) in [6.07, 6.45) is 1.89. The highest BCUT2D eigenvalue weighted by molar-refractivity contribution is 6.29. The molecule has 0 aliphatic heterocycles. The normalized spacial score (nSPS) is 10.0. The van der Waals surface area contributed by atoms with Gasteiger partial charge in [-0.25, -0.2) is 4.79 Å². The lowest BCUT2D eigenvalue weighted by Crippen LogP contribution is -2.10. The number of hydrogen-bond acceptors (Lipinski definition) is 3. The third-order valence-corrected chi connectivity index (χ3v) is 0.877. The lowest BCUT2D eigenvalue weighted by molar-refractivity contribution is -0.137. The molecule has 0 amide bonds. The van der Waals surface area contributed by atoms with E-state index in [1.165, 1.54) is 6.92 Å². The van der Waals surface area contributed by atoms with Crippen molar-refractivity contribution in [1.29, 1.82) is 0 Å². The lowest BCUT2D eigenvalue weighted by atomic mass is 10.5. The molecule has 1 atom stereocenters. The Morgan fingerprint density at radius 1 is 1.54 bits per heavy atom. The lowest BCUT2D eigenvalue weighted by Gasteiger charge is -1.96. The SMILES string of the molecule is C=CC(=O)O.C=COC(=O)C(C)Cl. The van der Waals surface area contributed by atoms with Crippen molar-refractivity contribution < 1.29 is 19.4 Å². The van der Waals surface area contributed by atoms with Gasteiger partial charge in [0.1, 0.15) is 5.38 Å². The fraction of sp³-hybridized carbons (Fsp3) is 0.250. The number of hydrogen-bond donors (Lipinski definition) is 1. The van der Waals surface area contributed by atoms with Crippen LogP contribution in [0.15, 0.2) is 25.5 Å². The van der Waals surface area contributed by atoms with Crippen LogP contribution in [0.5, 0.6) is 0 Å². The van der Waals surface area contributed by atoms with E-state index in [9.17, 15) is 9.59 Å². The van der Waals surface area contributed by atoms with E-state index in [1.807, 2.05) is 0 Å². The molecule has 0 aromatic rings. The number of esters is 1. The van der Waals surface area contributed by atoms with Crippen molar-refractivity contribution >= 4 is 23.5 Å². The largest absolute Gasteiger partial charge is 0.478 e. The second kappa shape index (κ2) is 8.80. The molecule has 0 aliphatic rings. The number of halogens is 1. The van der Waals surface area contributed by atoms with Gasteiger partial charge in [-0.2, -0.15) is 0 Å². The van der Waals surface area contributed by atoms with Crippen molar-refractivity contribution in [2.24, 2.45) is 0 Å². The molecule has 0 saturated carbocycles. The Morgan fingerprint density at radius 3 is 2.00 bits per heavy atom. The Morgan fingerprint density at radius 2 is 1.92 bits per heavy atom. The molecule has 1 N–H and O–H groups in total. The number of carbonyl (C=O) groups is 2. The average Bonchev–Trinajstić information content (AvgIpc) is 2.06. The summed E-state index contributed by atoms with van der Waals surface area (Å²) in [7, 11) is 0. The first-order chi connectivity index (χ1) is 5.95. The highest BCUT2D eigenvalue weighted by Crippen LogP contribution is 1.95. The quantitative estimate of drug-likeness (QED) is 0.329. The molecule has 0 fully saturated rings. The second-order valence-electron chi connectivity index (χ2n) is 1.76. The molecule has 4 nitrogen and oxygen atoms in total. The van der Waals surface area contributed by atoms with Crippen LogP contribution in [-0.2, 0) is 14.3 Å². The zero-order chi connectivity index (χ0) is 10.9. The molecule has 1 unspecified atom stereocenters. The summed E-state index contributed by atoms with van der Waals surface area (Å²) in [5, 5.41) is 7.01. The first-order valence-electron chi connectivity index (χ1n) is 3.26. The molecule has 0 heterocycles. The molecule has 0 radical (unpaired) electrons. The fourth-order valence-corrected chi connectivity index (χ4v) is 0.227. The van der Waals surface area contributed by atoms with Crippen LogP contribution in [0, 0.1) is 0 Å². The average molecular weight is 207 g/mol. The van der Waals surface area contributed by atoms with Crippen molar-refractivity contribution in [3.05, 3.63) is 25.5 Å². The van der Waals surface area contributed by atoms with Gasteiger partial charge in [-0.3, -0.25) is 4.79 Å². The molecule has 13 heavy (non-hydrogen) atoms. The summed E-state index contributed by atoms with van der Waals surface area (Å²) in [6, 6.07) is 0. The van der Waals surface area contributed by atoms with Crippen molar-refractivity contribution in [3.8, 4) is 0 Å². The Bertz CT molecular complexity index is 198. The predicted octanol–water partition coefficient (Wildman–Crippen LogP) is 1.56. The number of aliphatic carboxylic acids is 1. The summed E-state index contributed by atoms with van der Waals surface area (Å²) in [5.41, 5.74) is 0. The van der Waals surface area contributed by atoms with Crippen LogP contribution in [-0.4, -0.2) is 22.4 Å². The number of ether oxygens (including phenoxy) is 1. The summed E-state index contributed by atoms with van der Waals surface area (Å²) in [5.74, 6) is -1.45. The Balaban J connectivity index is 0.